The predicted octanol–water partition coefficient (Wildman–Crippen LogP) is -1.55. The molecule has 0 rings (SSSR count). The Labute approximate surface area is 55.1 Å². The fraction of sp³-hybridized carbons (Fsp3) is 1.00. The third kappa shape index (κ3) is 3.39. The normalized spacial score (nSPS) is 14.3. The SMILES string of the molecule is CNNN(C)C(N)OC. The molecule has 5 heteroatoms. The Morgan fingerprint density at radius 1 is 1.67 bits per heavy atom. The Hall–Kier alpha value is -0.200. The smallest absolute Gasteiger partial charge is 0.176 e. The minimum atomic E-state index is -0.419. The molecule has 0 aliphatic heterocycles. The number of nitrogens with one attached hydrogen (secondary N) is 2. The average molecular weight is 134 g/mol. The molecule has 0 saturated carbocycles. The molecule has 1 atom stereocenters. The van der Waals surface area contributed by atoms with Gasteiger partial charge in [-0.15, -0.1) is 0 Å². The topological polar surface area (TPSA) is 62.5 Å². The van der Waals surface area contributed by atoms with E-state index in [1.807, 2.05) is 0 Å². The Morgan fingerprint density at radius 3 is 2.56 bits per heavy atom. The first-order valence-corrected chi connectivity index (χ1v) is 2.66. The molecule has 0 aromatic rings. The van der Waals surface area contributed by atoms with Crippen LogP contribution < -0.4 is 16.7 Å². The second kappa shape index (κ2) is 4.66. The molecule has 0 aromatic carbocycles. The molecule has 0 aliphatic carbocycles. The first-order valence-electron chi connectivity index (χ1n) is 2.66. The highest BCUT2D eigenvalue weighted by atomic mass is 16.5. The van der Waals surface area contributed by atoms with Gasteiger partial charge in [-0.2, -0.15) is 10.5 Å². The largest absolute Gasteiger partial charge is 0.352 e. The third-order valence-corrected chi connectivity index (χ3v) is 0.911. The molecular weight excluding hydrogens is 120 g/mol. The highest BCUT2D eigenvalue weighted by Crippen LogP contribution is 1.79. The monoisotopic (exact) mass is 134 g/mol. The molecule has 1 unspecified atom stereocenters. The number of ether oxygens (including phenoxy) is 1. The molecule has 9 heavy (non-hydrogen) atoms. The summed E-state index contributed by atoms with van der Waals surface area (Å²) in [4.78, 5) is 0. The van der Waals surface area contributed by atoms with Crippen molar-refractivity contribution < 1.29 is 4.74 Å². The summed E-state index contributed by atoms with van der Waals surface area (Å²) in [5.74, 6) is 0. The van der Waals surface area contributed by atoms with Gasteiger partial charge in [-0.1, -0.05) is 0 Å². The van der Waals surface area contributed by atoms with E-state index in [4.69, 9.17) is 10.5 Å². The van der Waals surface area contributed by atoms with E-state index in [9.17, 15) is 0 Å². The minimum absolute atomic E-state index is 0.419. The van der Waals surface area contributed by atoms with E-state index in [0.717, 1.165) is 0 Å². The standard InChI is InChI=1S/C4H14N4O/c1-6-7-8(2)4(5)9-3/h4,6-7H,5H2,1-3H3. The van der Waals surface area contributed by atoms with Crippen LogP contribution in [0.5, 0.6) is 0 Å². The number of hydrogen-bond donors (Lipinski definition) is 3. The molecule has 0 spiro atoms. The number of rotatable bonds is 4. The van der Waals surface area contributed by atoms with Gasteiger partial charge >= 0.3 is 0 Å². The minimum Gasteiger partial charge on any atom is -0.352 e. The Balaban J connectivity index is 3.32. The molecule has 0 amide bonds. The lowest BCUT2D eigenvalue weighted by atomic mass is 10.9. The van der Waals surface area contributed by atoms with Crippen molar-refractivity contribution in [3.63, 3.8) is 0 Å². The molecule has 0 aliphatic rings. The summed E-state index contributed by atoms with van der Waals surface area (Å²) in [6.45, 7) is 0. The van der Waals surface area contributed by atoms with Crippen molar-refractivity contribution in [3.05, 3.63) is 0 Å². The zero-order valence-corrected chi connectivity index (χ0v) is 6.01. The molecular formula is C4H14N4O. The Bertz CT molecular complexity index is 69.6. The van der Waals surface area contributed by atoms with Gasteiger partial charge < -0.3 is 4.74 Å². The zero-order chi connectivity index (χ0) is 7.28. The first-order chi connectivity index (χ1) is 4.22. The van der Waals surface area contributed by atoms with Gasteiger partial charge in [-0.3, -0.25) is 5.73 Å². The summed E-state index contributed by atoms with van der Waals surface area (Å²) >= 11 is 0. The molecule has 4 N–H and O–H groups in total. The summed E-state index contributed by atoms with van der Waals surface area (Å²) in [6, 6.07) is 0. The third-order valence-electron chi connectivity index (χ3n) is 0.911. The van der Waals surface area contributed by atoms with Crippen molar-refractivity contribution in [2.24, 2.45) is 5.73 Å². The lowest BCUT2D eigenvalue weighted by molar-refractivity contribution is -0.0492. The van der Waals surface area contributed by atoms with Crippen LogP contribution in [0.1, 0.15) is 0 Å². The summed E-state index contributed by atoms with van der Waals surface area (Å²) in [5.41, 5.74) is 10.8. The Morgan fingerprint density at radius 2 is 2.22 bits per heavy atom. The molecule has 56 valence electrons. The van der Waals surface area contributed by atoms with Gasteiger partial charge in [0.2, 0.25) is 0 Å². The van der Waals surface area contributed by atoms with Gasteiger partial charge in [0.15, 0.2) is 6.35 Å². The van der Waals surface area contributed by atoms with Gasteiger partial charge in [-0.25, -0.2) is 5.43 Å². The molecule has 5 nitrogen and oxygen atoms in total. The average Bonchev–Trinajstić information content (AvgIpc) is 1.87. The first kappa shape index (κ1) is 8.80. The van der Waals surface area contributed by atoms with E-state index < -0.39 is 6.35 Å². The summed E-state index contributed by atoms with van der Waals surface area (Å²) in [6.07, 6.45) is -0.419. The number of hydrazine groups is 2. The van der Waals surface area contributed by atoms with Crippen molar-refractivity contribution in [3.8, 4) is 0 Å². The van der Waals surface area contributed by atoms with E-state index in [-0.39, 0.29) is 0 Å². The number of nitrogens with zero attached hydrogens (tertiary/aromatic N) is 1. The highest BCUT2D eigenvalue weighted by molar-refractivity contribution is 4.37. The van der Waals surface area contributed by atoms with Gasteiger partial charge in [-0.05, 0) is 7.05 Å². The van der Waals surface area contributed by atoms with Gasteiger partial charge in [0.1, 0.15) is 0 Å². The Kier molecular flexibility index (Phi) is 4.55. The molecule has 0 heterocycles. The van der Waals surface area contributed by atoms with E-state index in [0.29, 0.717) is 0 Å². The van der Waals surface area contributed by atoms with Gasteiger partial charge in [0, 0.05) is 14.2 Å². The summed E-state index contributed by atoms with van der Waals surface area (Å²) in [5, 5.41) is 1.60. The number of nitrogens with two attached hydrogens (primary N) is 1. The summed E-state index contributed by atoms with van der Waals surface area (Å²) < 4.78 is 4.77. The van der Waals surface area contributed by atoms with Crippen molar-refractivity contribution >= 4 is 0 Å². The molecule has 0 saturated heterocycles. The number of methoxy groups -OCH3 is 1. The maximum Gasteiger partial charge on any atom is 0.176 e. The van der Waals surface area contributed by atoms with Crippen LogP contribution in [0.15, 0.2) is 0 Å². The van der Waals surface area contributed by atoms with Crippen molar-refractivity contribution in [1.82, 2.24) is 16.0 Å². The lowest BCUT2D eigenvalue weighted by Crippen LogP contribution is -2.52. The van der Waals surface area contributed by atoms with Crippen LogP contribution in [-0.2, 0) is 4.74 Å². The van der Waals surface area contributed by atoms with Crippen LogP contribution in [0.2, 0.25) is 0 Å². The molecule has 0 fully saturated rings. The fourth-order valence-electron chi connectivity index (χ4n) is 0.398. The van der Waals surface area contributed by atoms with Crippen LogP contribution in [0, 0.1) is 0 Å². The van der Waals surface area contributed by atoms with Crippen LogP contribution in [0.3, 0.4) is 0 Å². The van der Waals surface area contributed by atoms with Gasteiger partial charge in [0.05, 0.1) is 0 Å². The second-order valence-electron chi connectivity index (χ2n) is 1.60. The summed E-state index contributed by atoms with van der Waals surface area (Å²) in [7, 11) is 5.06. The van der Waals surface area contributed by atoms with Crippen molar-refractivity contribution in [2.45, 2.75) is 6.35 Å². The van der Waals surface area contributed by atoms with E-state index >= 15 is 0 Å². The van der Waals surface area contributed by atoms with Crippen molar-refractivity contribution in [1.29, 1.82) is 0 Å². The highest BCUT2D eigenvalue weighted by Gasteiger charge is 2.03. The van der Waals surface area contributed by atoms with Crippen LogP contribution in [0.4, 0.5) is 0 Å². The molecule has 0 aromatic heterocycles. The maximum atomic E-state index is 5.40. The zero-order valence-electron chi connectivity index (χ0n) is 6.01. The van der Waals surface area contributed by atoms with Crippen LogP contribution in [0.25, 0.3) is 0 Å². The van der Waals surface area contributed by atoms with Gasteiger partial charge in [0.25, 0.3) is 0 Å². The molecule has 0 radical (unpaired) electrons. The van der Waals surface area contributed by atoms with E-state index in [1.165, 1.54) is 0 Å². The van der Waals surface area contributed by atoms with Crippen LogP contribution in [-0.4, -0.2) is 32.6 Å². The van der Waals surface area contributed by atoms with E-state index in [1.54, 1.807) is 26.2 Å². The quantitative estimate of drug-likeness (QED) is 0.321. The second-order valence-corrected chi connectivity index (χ2v) is 1.60. The van der Waals surface area contributed by atoms with Crippen LogP contribution >= 0.6 is 0 Å². The maximum absolute atomic E-state index is 5.40. The van der Waals surface area contributed by atoms with Crippen molar-refractivity contribution in [2.75, 3.05) is 21.2 Å². The number of hydrogen-bond acceptors (Lipinski definition) is 5. The lowest BCUT2D eigenvalue weighted by Gasteiger charge is -2.22. The molecule has 0 bridgehead atoms. The predicted molar refractivity (Wildman–Crippen MR) is 34.9 cm³/mol. The fourth-order valence-corrected chi connectivity index (χ4v) is 0.398. The van der Waals surface area contributed by atoms with E-state index in [2.05, 4.69) is 11.0 Å².